The molecule has 0 spiro atoms. The lowest BCUT2D eigenvalue weighted by Crippen LogP contribution is -2.35. The van der Waals surface area contributed by atoms with Crippen molar-refractivity contribution in [2.75, 3.05) is 41.7 Å². The number of carbonyl (C=O) groups is 7. The van der Waals surface area contributed by atoms with Gasteiger partial charge in [0.25, 0.3) is 0 Å². The summed E-state index contributed by atoms with van der Waals surface area (Å²) in [6.07, 6.45) is 2.99. The number of hydrogen-bond donors (Lipinski definition) is 0. The second kappa shape index (κ2) is 68.2. The molecule has 740 valence electrons. The first-order valence-electron chi connectivity index (χ1n) is 49.0. The summed E-state index contributed by atoms with van der Waals surface area (Å²) in [5.74, 6) is -1.15. The third-order valence-corrected chi connectivity index (χ3v) is 31.0. The highest BCUT2D eigenvalue weighted by Crippen LogP contribution is 2.58. The van der Waals surface area contributed by atoms with Crippen LogP contribution in [-0.4, -0.2) is 108 Å². The second-order valence-corrected chi connectivity index (χ2v) is 37.8. The second-order valence-electron chi connectivity index (χ2n) is 29.7. The van der Waals surface area contributed by atoms with E-state index in [0.717, 1.165) is 25.7 Å². The smallest absolute Gasteiger partial charge is 0.469 e. The van der Waals surface area contributed by atoms with Crippen LogP contribution in [0.4, 0.5) is 4.79 Å². The summed E-state index contributed by atoms with van der Waals surface area (Å²) in [5.41, 5.74) is 0. The Balaban J connectivity index is 0.000000277. The number of benzene rings is 12. The molecule has 4 aliphatic carbocycles. The number of fused-ring (bicyclic) bond motifs is 2. The first-order chi connectivity index (χ1) is 68.3. The number of carbonyl (C=O) groups excluding carboxylic acids is 7. The standard InChI is InChI=1S/4C18H15S.C10H12O5.C10H12O4.C6H8O4.C5H8O3.8C2H6/c4*1-4-10-16(11-5-1)19(17-12-6-2-7-13-17)18-14-8-3-9-15-18;1-13-10(12)15-7-4-2-5-6(3-4)9(11)14-8(5)7;1-13-10(12)7-4-2-5-6(3-4)9(11)14-8(5)7;1-9-5(7)4-2-3-10-6(4)8;1-7-4-2-5(6)8-3-4;8*1-2/h4*1-15H;4-8H,2-3H2,1H3;4-8H,2-3H2,1H3;4H,2-3H2,1H3;4H,2-3H2,1H3;8*1-2H3/q4*+1;;;;;;;;;;;;. The Bertz CT molecular complexity index is 4440. The van der Waals surface area contributed by atoms with Crippen LogP contribution in [0.25, 0.3) is 0 Å². The highest BCUT2D eigenvalue weighted by Gasteiger charge is 2.65. The summed E-state index contributed by atoms with van der Waals surface area (Å²) >= 11 is 0. The predicted octanol–water partition coefficient (Wildman–Crippen LogP) is 28.1. The van der Waals surface area contributed by atoms with Gasteiger partial charge in [-0.25, -0.2) is 4.79 Å². The van der Waals surface area contributed by atoms with E-state index in [9.17, 15) is 33.6 Å². The van der Waals surface area contributed by atoms with Crippen molar-refractivity contribution in [3.63, 3.8) is 0 Å². The number of hydrogen-bond acceptors (Lipinski definition) is 16. The summed E-state index contributed by atoms with van der Waals surface area (Å²) in [6, 6.07) is 129. The van der Waals surface area contributed by atoms with Crippen molar-refractivity contribution in [2.24, 2.45) is 47.3 Å². The van der Waals surface area contributed by atoms with Gasteiger partial charge in [-0.05, 0) is 177 Å². The van der Waals surface area contributed by atoms with Gasteiger partial charge in [0.15, 0.2) is 64.7 Å². The molecule has 0 aromatic heterocycles. The van der Waals surface area contributed by atoms with E-state index in [0.29, 0.717) is 32.0 Å². The quantitative estimate of drug-likeness (QED) is 0.0382. The maximum absolute atomic E-state index is 11.5. The fraction of sp³-hybridized carbons (Fsp3) is 0.336. The summed E-state index contributed by atoms with van der Waals surface area (Å²) in [6.45, 7) is 32.8. The van der Waals surface area contributed by atoms with Gasteiger partial charge in [-0.1, -0.05) is 329 Å². The SMILES string of the molecule is CC.CC.CC.CC.CC.CC.CC.CC.COC(=O)C1C2CC3C(=O)OC1C3C2.COC(=O)C1CCOC1=O.COC(=O)OC1C2CC3C(=O)OC1C3C2.COC1COC(=O)C1.c1ccc([S+](c2ccccc2)c2ccccc2)cc1.c1ccc([S+](c2ccccc2)c2ccccc2)cc1.c1ccc([S+](c2ccccc2)c2ccccc2)cc1.c1ccc([S+](c2ccccc2)c2ccccc2)cc1. The Labute approximate surface area is 841 Å². The van der Waals surface area contributed by atoms with Gasteiger partial charge in [0.05, 0.1) is 95.7 Å². The summed E-state index contributed by atoms with van der Waals surface area (Å²) < 4.78 is 43.1. The topological polar surface area (TPSA) is 203 Å². The number of methoxy groups -OCH3 is 4. The molecule has 4 heterocycles. The van der Waals surface area contributed by atoms with Crippen molar-refractivity contribution < 1.29 is 76.2 Å². The third kappa shape index (κ3) is 35.1. The molecule has 20 heteroatoms. The molecule has 139 heavy (non-hydrogen) atoms. The van der Waals surface area contributed by atoms with Crippen molar-refractivity contribution in [1.29, 1.82) is 0 Å². The largest absolute Gasteiger partial charge is 0.508 e. The summed E-state index contributed by atoms with van der Waals surface area (Å²) in [5, 5.41) is 0. The Kier molecular flexibility index (Phi) is 57.7. The Morgan fingerprint density at radius 2 is 0.532 bits per heavy atom. The van der Waals surface area contributed by atoms with E-state index in [1.807, 2.05) is 111 Å². The van der Waals surface area contributed by atoms with E-state index in [2.05, 4.69) is 383 Å². The van der Waals surface area contributed by atoms with Crippen molar-refractivity contribution in [3.05, 3.63) is 364 Å². The van der Waals surface area contributed by atoms with Crippen LogP contribution in [0.15, 0.2) is 423 Å². The molecule has 8 aliphatic rings. The zero-order valence-electron chi connectivity index (χ0n) is 84.9. The first-order valence-corrected chi connectivity index (χ1v) is 53.9. The minimum atomic E-state index is -0.688. The zero-order chi connectivity index (χ0) is 102. The van der Waals surface area contributed by atoms with Crippen molar-refractivity contribution in [1.82, 2.24) is 0 Å². The summed E-state index contributed by atoms with van der Waals surface area (Å²) in [4.78, 5) is 93.3. The van der Waals surface area contributed by atoms with Crippen molar-refractivity contribution >= 4 is 85.6 Å². The van der Waals surface area contributed by atoms with Gasteiger partial charge in [-0.15, -0.1) is 0 Å². The van der Waals surface area contributed by atoms with Crippen LogP contribution in [-0.2, 0) is 115 Å². The fourth-order valence-electron chi connectivity index (χ4n) is 16.4. The van der Waals surface area contributed by atoms with Crippen LogP contribution in [0.2, 0.25) is 0 Å². The molecule has 12 aromatic carbocycles. The van der Waals surface area contributed by atoms with E-state index in [4.69, 9.17) is 23.7 Å². The number of rotatable bonds is 16. The average molecular weight is 1960 g/mol. The molecular formula is C119H148O16S4+4. The van der Waals surface area contributed by atoms with Crippen LogP contribution in [0.1, 0.15) is 149 Å². The minimum Gasteiger partial charge on any atom is -0.469 e. The fourth-order valence-corrected chi connectivity index (χ4v) is 24.9. The van der Waals surface area contributed by atoms with E-state index in [1.54, 1.807) is 7.11 Å². The molecule has 12 unspecified atom stereocenters. The van der Waals surface area contributed by atoms with Gasteiger partial charge in [0, 0.05) is 31.3 Å². The molecule has 0 amide bonds. The highest BCUT2D eigenvalue weighted by molar-refractivity contribution is 7.98. The molecule has 16 nitrogen and oxygen atoms in total. The van der Waals surface area contributed by atoms with Crippen LogP contribution in [0.3, 0.4) is 0 Å². The van der Waals surface area contributed by atoms with E-state index < -0.39 is 24.0 Å². The maximum Gasteiger partial charge on any atom is 0.508 e. The van der Waals surface area contributed by atoms with Crippen LogP contribution >= 0.6 is 0 Å². The molecule has 4 aliphatic heterocycles. The molecular weight excluding hydrogens is 1810 g/mol. The predicted molar refractivity (Wildman–Crippen MR) is 566 cm³/mol. The van der Waals surface area contributed by atoms with Crippen LogP contribution in [0, 0.1) is 47.3 Å². The number of ether oxygens (including phenoxy) is 9. The highest BCUT2D eigenvalue weighted by atomic mass is 32.2. The first kappa shape index (κ1) is 118. The molecule has 12 atom stereocenters. The van der Waals surface area contributed by atoms with Crippen LogP contribution in [0.5, 0.6) is 0 Å². The average Bonchev–Trinajstić information content (AvgIpc) is 1.58. The zero-order valence-corrected chi connectivity index (χ0v) is 88.2. The third-order valence-electron chi connectivity index (χ3n) is 22.1. The van der Waals surface area contributed by atoms with Gasteiger partial charge in [-0.3, -0.25) is 28.8 Å². The number of cyclic esters (lactones) is 2. The number of esters is 6. The Morgan fingerprint density at radius 3 is 0.748 bits per heavy atom. The van der Waals surface area contributed by atoms with Gasteiger partial charge in [0.2, 0.25) is 0 Å². The molecule has 12 aromatic rings. The molecule has 0 N–H and O–H groups in total. The monoisotopic (exact) mass is 1960 g/mol. The molecule has 0 radical (unpaired) electrons. The molecule has 20 rings (SSSR count). The van der Waals surface area contributed by atoms with E-state index in [1.165, 1.54) is 80.1 Å². The maximum atomic E-state index is 11.5. The molecule has 4 saturated heterocycles. The van der Waals surface area contributed by atoms with Crippen molar-refractivity contribution in [3.8, 4) is 0 Å². The molecule has 4 bridgehead atoms. The minimum absolute atomic E-state index is 0.00231. The Morgan fingerprint density at radius 1 is 0.288 bits per heavy atom. The van der Waals surface area contributed by atoms with E-state index in [-0.39, 0.29) is 127 Å². The normalized spacial score (nSPS) is 19.2. The molecule has 4 saturated carbocycles. The van der Waals surface area contributed by atoms with Gasteiger partial charge < -0.3 is 42.6 Å². The Hall–Kier alpha value is -11.9. The van der Waals surface area contributed by atoms with Crippen LogP contribution < -0.4 is 0 Å². The lowest BCUT2D eigenvalue weighted by molar-refractivity contribution is -0.155. The van der Waals surface area contributed by atoms with Crippen molar-refractivity contribution in [2.45, 2.75) is 232 Å². The van der Waals surface area contributed by atoms with Gasteiger partial charge in [0.1, 0.15) is 31.0 Å². The lowest BCUT2D eigenvalue weighted by Gasteiger charge is -2.24. The van der Waals surface area contributed by atoms with Gasteiger partial charge >= 0.3 is 42.0 Å². The van der Waals surface area contributed by atoms with Gasteiger partial charge in [-0.2, -0.15) is 0 Å². The molecule has 8 fully saturated rings. The summed E-state index contributed by atoms with van der Waals surface area (Å²) in [7, 11) is 5.44. The lowest BCUT2D eigenvalue weighted by atomic mass is 9.82. The van der Waals surface area contributed by atoms with E-state index >= 15 is 0 Å².